The van der Waals surface area contributed by atoms with E-state index in [-0.39, 0.29) is 19.1 Å². The Morgan fingerprint density at radius 1 is 1.00 bits per heavy atom. The lowest BCUT2D eigenvalue weighted by molar-refractivity contribution is -0.149. The van der Waals surface area contributed by atoms with Crippen molar-refractivity contribution >= 4 is 40.1 Å². The van der Waals surface area contributed by atoms with Gasteiger partial charge >= 0.3 is 5.97 Å². The second-order valence-corrected chi connectivity index (χ2v) is 8.67. The molecule has 3 aromatic carbocycles. The largest absolute Gasteiger partial charge is 0.482 e. The van der Waals surface area contributed by atoms with Crippen LogP contribution in [0.2, 0.25) is 0 Å². The van der Waals surface area contributed by atoms with Gasteiger partial charge in [-0.2, -0.15) is 0 Å². The van der Waals surface area contributed by atoms with E-state index >= 15 is 0 Å². The average molecular weight is 422 g/mol. The number of carbonyl (C=O) groups excluding carboxylic acids is 2. The SMILES string of the molecule is C[C@@H]1CCN(C(=O)COC(=O)COc2ccc3ccccc3c2)c2ccccc2S1. The van der Waals surface area contributed by atoms with Crippen LogP contribution in [0.3, 0.4) is 0 Å². The first kappa shape index (κ1) is 20.3. The van der Waals surface area contributed by atoms with E-state index < -0.39 is 5.97 Å². The molecule has 1 amide bonds. The molecule has 1 heterocycles. The number of anilines is 1. The third-order valence-electron chi connectivity index (χ3n) is 4.98. The van der Waals surface area contributed by atoms with Crippen LogP contribution in [0.1, 0.15) is 13.3 Å². The number of hydrogen-bond donors (Lipinski definition) is 0. The lowest BCUT2D eigenvalue weighted by atomic mass is 10.1. The number of nitrogens with zero attached hydrogens (tertiary/aromatic N) is 1. The number of hydrogen-bond acceptors (Lipinski definition) is 5. The van der Waals surface area contributed by atoms with E-state index in [2.05, 4.69) is 6.92 Å². The highest BCUT2D eigenvalue weighted by atomic mass is 32.2. The zero-order valence-corrected chi connectivity index (χ0v) is 17.6. The third-order valence-corrected chi connectivity index (χ3v) is 6.22. The highest BCUT2D eigenvalue weighted by Crippen LogP contribution is 2.37. The number of amides is 1. The van der Waals surface area contributed by atoms with Gasteiger partial charge in [-0.3, -0.25) is 4.79 Å². The molecule has 0 saturated heterocycles. The predicted octanol–water partition coefficient (Wildman–Crippen LogP) is 4.68. The fourth-order valence-corrected chi connectivity index (χ4v) is 4.52. The van der Waals surface area contributed by atoms with Gasteiger partial charge in [0.25, 0.3) is 5.91 Å². The number of para-hydroxylation sites is 1. The van der Waals surface area contributed by atoms with E-state index in [4.69, 9.17) is 9.47 Å². The summed E-state index contributed by atoms with van der Waals surface area (Å²) in [4.78, 5) is 27.6. The summed E-state index contributed by atoms with van der Waals surface area (Å²) < 4.78 is 10.7. The molecule has 0 aliphatic carbocycles. The van der Waals surface area contributed by atoms with Crippen molar-refractivity contribution in [1.29, 1.82) is 0 Å². The molecule has 0 saturated carbocycles. The van der Waals surface area contributed by atoms with Gasteiger partial charge in [0.05, 0.1) is 5.69 Å². The Kier molecular flexibility index (Phi) is 6.23. The number of benzene rings is 3. The monoisotopic (exact) mass is 421 g/mol. The van der Waals surface area contributed by atoms with Crippen molar-refractivity contribution in [1.82, 2.24) is 0 Å². The molecule has 0 radical (unpaired) electrons. The normalized spacial score (nSPS) is 15.9. The molecule has 1 aliphatic rings. The lowest BCUT2D eigenvalue weighted by Gasteiger charge is -2.22. The summed E-state index contributed by atoms with van der Waals surface area (Å²) in [5.74, 6) is -0.206. The highest BCUT2D eigenvalue weighted by Gasteiger charge is 2.24. The quantitative estimate of drug-likeness (QED) is 0.560. The maximum atomic E-state index is 12.7. The van der Waals surface area contributed by atoms with Crippen LogP contribution in [0.4, 0.5) is 5.69 Å². The Bertz CT molecular complexity index is 1070. The number of ether oxygens (including phenoxy) is 2. The number of rotatable bonds is 5. The second-order valence-electron chi connectivity index (χ2n) is 7.19. The zero-order valence-electron chi connectivity index (χ0n) is 16.7. The van der Waals surface area contributed by atoms with Crippen LogP contribution in [-0.4, -0.2) is 36.9 Å². The van der Waals surface area contributed by atoms with E-state index in [0.717, 1.165) is 27.8 Å². The number of esters is 1. The number of carbonyl (C=O) groups is 2. The summed E-state index contributed by atoms with van der Waals surface area (Å²) in [5, 5.41) is 2.55. The Balaban J connectivity index is 1.32. The molecule has 0 spiro atoms. The molecule has 30 heavy (non-hydrogen) atoms. The second kappa shape index (κ2) is 9.22. The summed E-state index contributed by atoms with van der Waals surface area (Å²) in [5.41, 5.74) is 0.875. The van der Waals surface area contributed by atoms with Gasteiger partial charge in [-0.25, -0.2) is 4.79 Å². The molecule has 6 heteroatoms. The molecule has 5 nitrogen and oxygen atoms in total. The summed E-state index contributed by atoms with van der Waals surface area (Å²) in [6, 6.07) is 21.4. The van der Waals surface area contributed by atoms with Gasteiger partial charge < -0.3 is 14.4 Å². The van der Waals surface area contributed by atoms with E-state index in [0.29, 0.717) is 17.5 Å². The number of fused-ring (bicyclic) bond motifs is 2. The van der Waals surface area contributed by atoms with Gasteiger partial charge in [0.2, 0.25) is 0 Å². The summed E-state index contributed by atoms with van der Waals surface area (Å²) in [6.07, 6.45) is 0.879. The van der Waals surface area contributed by atoms with Gasteiger partial charge in [0.1, 0.15) is 5.75 Å². The minimum atomic E-state index is -0.567. The van der Waals surface area contributed by atoms with Crippen LogP contribution in [0.5, 0.6) is 5.75 Å². The van der Waals surface area contributed by atoms with Gasteiger partial charge in [-0.15, -0.1) is 11.8 Å². The van der Waals surface area contributed by atoms with Crippen molar-refractivity contribution < 1.29 is 19.1 Å². The van der Waals surface area contributed by atoms with E-state index in [9.17, 15) is 9.59 Å². The van der Waals surface area contributed by atoms with E-state index in [1.54, 1.807) is 16.7 Å². The molecule has 1 atom stereocenters. The molecule has 0 fully saturated rings. The third kappa shape index (κ3) is 4.76. The molecule has 0 N–H and O–H groups in total. The first-order chi connectivity index (χ1) is 14.6. The van der Waals surface area contributed by atoms with Crippen LogP contribution in [0, 0.1) is 0 Å². The summed E-state index contributed by atoms with van der Waals surface area (Å²) in [6.45, 7) is 2.22. The first-order valence-corrected chi connectivity index (χ1v) is 10.8. The molecule has 0 aromatic heterocycles. The zero-order chi connectivity index (χ0) is 20.9. The fraction of sp³-hybridized carbons (Fsp3) is 0.250. The summed E-state index contributed by atoms with van der Waals surface area (Å²) >= 11 is 1.76. The molecule has 0 bridgehead atoms. The molecule has 4 rings (SSSR count). The van der Waals surface area contributed by atoms with Gasteiger partial charge in [0.15, 0.2) is 13.2 Å². The van der Waals surface area contributed by atoms with Crippen LogP contribution in [0.15, 0.2) is 71.6 Å². The van der Waals surface area contributed by atoms with Gasteiger partial charge in [0, 0.05) is 16.7 Å². The molecular weight excluding hydrogens is 398 g/mol. The minimum absolute atomic E-state index is 0.226. The standard InChI is InChI=1S/C24H23NO4S/c1-17-12-13-25(21-8-4-5-9-22(21)30-17)23(26)15-29-24(27)16-28-20-11-10-18-6-2-3-7-19(18)14-20/h2-11,14,17H,12-13,15-16H2,1H3/t17-/m1/s1. The number of thioether (sulfide) groups is 1. The van der Waals surface area contributed by atoms with Crippen molar-refractivity contribution in [2.24, 2.45) is 0 Å². The summed E-state index contributed by atoms with van der Waals surface area (Å²) in [7, 11) is 0. The lowest BCUT2D eigenvalue weighted by Crippen LogP contribution is -2.36. The van der Waals surface area contributed by atoms with Crippen LogP contribution >= 0.6 is 11.8 Å². The smallest absolute Gasteiger partial charge is 0.344 e. The minimum Gasteiger partial charge on any atom is -0.482 e. The van der Waals surface area contributed by atoms with Gasteiger partial charge in [-0.05, 0) is 41.5 Å². The first-order valence-electron chi connectivity index (χ1n) is 9.93. The van der Waals surface area contributed by atoms with Crippen molar-refractivity contribution in [3.63, 3.8) is 0 Å². The predicted molar refractivity (Wildman–Crippen MR) is 119 cm³/mol. The Labute approximate surface area is 180 Å². The maximum Gasteiger partial charge on any atom is 0.344 e. The van der Waals surface area contributed by atoms with E-state index in [1.165, 1.54) is 0 Å². The molecule has 0 unspecified atom stereocenters. The van der Waals surface area contributed by atoms with Crippen molar-refractivity contribution in [3.05, 3.63) is 66.7 Å². The maximum absolute atomic E-state index is 12.7. The van der Waals surface area contributed by atoms with Gasteiger partial charge in [-0.1, -0.05) is 49.4 Å². The van der Waals surface area contributed by atoms with Crippen LogP contribution in [-0.2, 0) is 14.3 Å². The Morgan fingerprint density at radius 2 is 1.77 bits per heavy atom. The van der Waals surface area contributed by atoms with E-state index in [1.807, 2.05) is 66.7 Å². The van der Waals surface area contributed by atoms with Crippen LogP contribution < -0.4 is 9.64 Å². The Hall–Kier alpha value is -2.99. The average Bonchev–Trinajstić information content (AvgIpc) is 2.94. The Morgan fingerprint density at radius 3 is 2.63 bits per heavy atom. The fourth-order valence-electron chi connectivity index (χ4n) is 3.41. The van der Waals surface area contributed by atoms with Crippen molar-refractivity contribution in [2.75, 3.05) is 24.7 Å². The molecule has 3 aromatic rings. The van der Waals surface area contributed by atoms with Crippen molar-refractivity contribution in [2.45, 2.75) is 23.5 Å². The topological polar surface area (TPSA) is 55.8 Å². The molecular formula is C24H23NO4S. The molecule has 154 valence electrons. The van der Waals surface area contributed by atoms with Crippen molar-refractivity contribution in [3.8, 4) is 5.75 Å². The molecule has 1 aliphatic heterocycles. The van der Waals surface area contributed by atoms with Crippen LogP contribution in [0.25, 0.3) is 10.8 Å². The highest BCUT2D eigenvalue weighted by molar-refractivity contribution is 8.00.